The predicted octanol–water partition coefficient (Wildman–Crippen LogP) is 2.62. The number of carbonyl (C=O) groups is 1. The fraction of sp³-hybridized carbons (Fsp3) is 0.417. The molecule has 0 spiro atoms. The number of halogens is 1. The van der Waals surface area contributed by atoms with Crippen LogP contribution in [-0.4, -0.2) is 31.0 Å². The smallest absolute Gasteiger partial charge is 0.238 e. The largest absolute Gasteiger partial charge is 0.324 e. The Morgan fingerprint density at radius 1 is 1.41 bits per heavy atom. The average Bonchev–Trinajstić information content (AvgIpc) is 2.32. The molecule has 0 fully saturated rings. The molecular weight excluding hydrogens is 256 g/mol. The van der Waals surface area contributed by atoms with Gasteiger partial charge in [-0.2, -0.15) is 11.8 Å². The van der Waals surface area contributed by atoms with Gasteiger partial charge >= 0.3 is 0 Å². The molecule has 0 aromatic heterocycles. The van der Waals surface area contributed by atoms with E-state index in [1.165, 1.54) is 0 Å². The monoisotopic (exact) mass is 272 g/mol. The molecule has 0 aliphatic heterocycles. The minimum atomic E-state index is -0.0674. The van der Waals surface area contributed by atoms with Crippen molar-refractivity contribution in [1.82, 2.24) is 5.32 Å². The summed E-state index contributed by atoms with van der Waals surface area (Å²) in [4.78, 5) is 11.6. The highest BCUT2D eigenvalue weighted by Crippen LogP contribution is 2.19. The molecule has 0 aliphatic rings. The number of para-hydroxylation sites is 1. The summed E-state index contributed by atoms with van der Waals surface area (Å²) in [5.41, 5.74) is 0.657. The van der Waals surface area contributed by atoms with Crippen LogP contribution in [0.4, 0.5) is 5.69 Å². The second-order valence-corrected chi connectivity index (χ2v) is 4.94. The third-order valence-corrected chi connectivity index (χ3v) is 3.16. The average molecular weight is 273 g/mol. The third-order valence-electron chi connectivity index (χ3n) is 2.14. The summed E-state index contributed by atoms with van der Waals surface area (Å²) >= 11 is 7.74. The van der Waals surface area contributed by atoms with Gasteiger partial charge in [-0.1, -0.05) is 23.7 Å². The Bertz CT molecular complexity index is 360. The maximum absolute atomic E-state index is 11.6. The molecule has 0 saturated carbocycles. The first-order valence-corrected chi connectivity index (χ1v) is 7.25. The number of carbonyl (C=O) groups excluding carboxylic acids is 1. The Labute approximate surface area is 111 Å². The van der Waals surface area contributed by atoms with Crippen molar-refractivity contribution in [2.75, 3.05) is 30.4 Å². The second-order valence-electron chi connectivity index (χ2n) is 3.55. The van der Waals surface area contributed by atoms with Gasteiger partial charge in [-0.15, -0.1) is 0 Å². The second kappa shape index (κ2) is 8.39. The zero-order valence-corrected chi connectivity index (χ0v) is 11.4. The number of hydrogen-bond donors (Lipinski definition) is 2. The van der Waals surface area contributed by atoms with E-state index in [1.54, 1.807) is 12.1 Å². The van der Waals surface area contributed by atoms with Crippen LogP contribution in [-0.2, 0) is 4.79 Å². The maximum atomic E-state index is 11.6. The number of thioether (sulfide) groups is 1. The van der Waals surface area contributed by atoms with E-state index in [9.17, 15) is 4.79 Å². The first-order chi connectivity index (χ1) is 8.24. The van der Waals surface area contributed by atoms with Crippen molar-refractivity contribution in [3.05, 3.63) is 29.3 Å². The van der Waals surface area contributed by atoms with Gasteiger partial charge in [-0.25, -0.2) is 0 Å². The first-order valence-electron chi connectivity index (χ1n) is 5.48. The topological polar surface area (TPSA) is 41.1 Å². The minimum Gasteiger partial charge on any atom is -0.324 e. The van der Waals surface area contributed by atoms with Crippen LogP contribution in [0.1, 0.15) is 6.42 Å². The van der Waals surface area contributed by atoms with Crippen molar-refractivity contribution in [1.29, 1.82) is 0 Å². The van der Waals surface area contributed by atoms with Crippen molar-refractivity contribution in [2.45, 2.75) is 6.42 Å². The van der Waals surface area contributed by atoms with Crippen LogP contribution < -0.4 is 10.6 Å². The molecule has 17 heavy (non-hydrogen) atoms. The van der Waals surface area contributed by atoms with Crippen molar-refractivity contribution in [3.8, 4) is 0 Å². The molecule has 2 N–H and O–H groups in total. The molecule has 1 aromatic carbocycles. The summed E-state index contributed by atoms with van der Waals surface area (Å²) in [5, 5.41) is 6.41. The van der Waals surface area contributed by atoms with Gasteiger partial charge < -0.3 is 10.6 Å². The van der Waals surface area contributed by atoms with E-state index in [4.69, 9.17) is 11.6 Å². The highest BCUT2D eigenvalue weighted by Gasteiger charge is 2.03. The number of rotatable bonds is 7. The standard InChI is InChI=1S/C12H17ClN2OS/c1-17-8-4-7-14-9-12(16)15-11-6-3-2-5-10(11)13/h2-3,5-6,14H,4,7-9H2,1H3,(H,15,16). The Morgan fingerprint density at radius 2 is 2.18 bits per heavy atom. The summed E-state index contributed by atoms with van der Waals surface area (Å²) in [5.74, 6) is 1.04. The maximum Gasteiger partial charge on any atom is 0.238 e. The molecule has 1 amide bonds. The quantitative estimate of drug-likeness (QED) is 0.750. The molecular formula is C12H17ClN2OS. The lowest BCUT2D eigenvalue weighted by atomic mass is 10.3. The summed E-state index contributed by atoms with van der Waals surface area (Å²) < 4.78 is 0. The van der Waals surface area contributed by atoms with Crippen LogP contribution in [0.2, 0.25) is 5.02 Å². The lowest BCUT2D eigenvalue weighted by Crippen LogP contribution is -2.29. The van der Waals surface area contributed by atoms with E-state index < -0.39 is 0 Å². The predicted molar refractivity (Wildman–Crippen MR) is 76.0 cm³/mol. The van der Waals surface area contributed by atoms with Crippen LogP contribution in [0, 0.1) is 0 Å². The number of benzene rings is 1. The molecule has 0 heterocycles. The molecule has 0 radical (unpaired) electrons. The minimum absolute atomic E-state index is 0.0674. The molecule has 0 unspecified atom stereocenters. The first kappa shape index (κ1) is 14.4. The van der Waals surface area contributed by atoms with Gasteiger partial charge in [-0.3, -0.25) is 4.79 Å². The van der Waals surface area contributed by atoms with Crippen molar-refractivity contribution >= 4 is 35.0 Å². The van der Waals surface area contributed by atoms with Gasteiger partial charge in [-0.05, 0) is 37.1 Å². The highest BCUT2D eigenvalue weighted by atomic mass is 35.5. The molecule has 5 heteroatoms. The van der Waals surface area contributed by atoms with Crippen molar-refractivity contribution < 1.29 is 4.79 Å². The molecule has 3 nitrogen and oxygen atoms in total. The van der Waals surface area contributed by atoms with E-state index >= 15 is 0 Å². The Kier molecular flexibility index (Phi) is 7.08. The Morgan fingerprint density at radius 3 is 2.88 bits per heavy atom. The lowest BCUT2D eigenvalue weighted by Gasteiger charge is -2.07. The zero-order chi connectivity index (χ0) is 12.5. The Balaban J connectivity index is 2.23. The van der Waals surface area contributed by atoms with E-state index in [0.717, 1.165) is 18.7 Å². The van der Waals surface area contributed by atoms with E-state index in [1.807, 2.05) is 23.9 Å². The Hall–Kier alpha value is -0.710. The number of anilines is 1. The molecule has 0 bridgehead atoms. The van der Waals surface area contributed by atoms with Gasteiger partial charge in [0.15, 0.2) is 0 Å². The van der Waals surface area contributed by atoms with E-state index in [2.05, 4.69) is 16.9 Å². The molecule has 1 rings (SSSR count). The van der Waals surface area contributed by atoms with Gasteiger partial charge in [0.1, 0.15) is 0 Å². The third kappa shape index (κ3) is 5.96. The number of nitrogens with one attached hydrogen (secondary N) is 2. The summed E-state index contributed by atoms with van der Waals surface area (Å²) in [6.45, 7) is 1.18. The van der Waals surface area contributed by atoms with Crippen LogP contribution >= 0.6 is 23.4 Å². The SMILES string of the molecule is CSCCCNCC(=O)Nc1ccccc1Cl. The van der Waals surface area contributed by atoms with Crippen LogP contribution in [0.25, 0.3) is 0 Å². The van der Waals surface area contributed by atoms with Gasteiger partial charge in [0.2, 0.25) is 5.91 Å². The van der Waals surface area contributed by atoms with E-state index in [-0.39, 0.29) is 5.91 Å². The molecule has 1 aromatic rings. The van der Waals surface area contributed by atoms with Gasteiger partial charge in [0.25, 0.3) is 0 Å². The van der Waals surface area contributed by atoms with Gasteiger partial charge in [0.05, 0.1) is 17.3 Å². The molecule has 0 atom stereocenters. The van der Waals surface area contributed by atoms with Crippen LogP contribution in [0.5, 0.6) is 0 Å². The van der Waals surface area contributed by atoms with Crippen LogP contribution in [0.3, 0.4) is 0 Å². The molecule has 94 valence electrons. The van der Waals surface area contributed by atoms with Crippen molar-refractivity contribution in [3.63, 3.8) is 0 Å². The summed E-state index contributed by atoms with van der Waals surface area (Å²) in [7, 11) is 0. The fourth-order valence-corrected chi connectivity index (χ4v) is 1.92. The highest BCUT2D eigenvalue weighted by molar-refractivity contribution is 7.98. The van der Waals surface area contributed by atoms with Crippen molar-refractivity contribution in [2.24, 2.45) is 0 Å². The normalized spacial score (nSPS) is 10.2. The molecule has 0 saturated heterocycles. The summed E-state index contributed by atoms with van der Waals surface area (Å²) in [6, 6.07) is 7.21. The number of amides is 1. The number of hydrogen-bond acceptors (Lipinski definition) is 3. The lowest BCUT2D eigenvalue weighted by molar-refractivity contribution is -0.115. The fourth-order valence-electron chi connectivity index (χ4n) is 1.30. The van der Waals surface area contributed by atoms with Crippen LogP contribution in [0.15, 0.2) is 24.3 Å². The summed E-state index contributed by atoms with van der Waals surface area (Å²) in [6.07, 6.45) is 3.14. The van der Waals surface area contributed by atoms with Gasteiger partial charge in [0, 0.05) is 0 Å². The van der Waals surface area contributed by atoms with E-state index in [0.29, 0.717) is 17.3 Å². The molecule has 0 aliphatic carbocycles. The zero-order valence-electron chi connectivity index (χ0n) is 9.83.